The first-order valence-corrected chi connectivity index (χ1v) is 8.64. The van der Waals surface area contributed by atoms with E-state index in [1.165, 1.54) is 18.3 Å². The molecule has 3 rings (SSSR count). The lowest BCUT2D eigenvalue weighted by atomic mass is 10.3. The van der Waals surface area contributed by atoms with Crippen LogP contribution in [0.2, 0.25) is 5.02 Å². The molecule has 2 heterocycles. The van der Waals surface area contributed by atoms with Crippen molar-refractivity contribution in [2.45, 2.75) is 4.90 Å². The molecule has 0 unspecified atom stereocenters. The molecule has 3 aromatic rings. The van der Waals surface area contributed by atoms with Crippen molar-refractivity contribution >= 4 is 54.3 Å². The molecule has 2 N–H and O–H groups in total. The minimum absolute atomic E-state index is 0.0168. The number of nitrogens with zero attached hydrogens (tertiary/aromatic N) is 1. The van der Waals surface area contributed by atoms with Gasteiger partial charge in [0.1, 0.15) is 21.0 Å². The second kappa shape index (κ2) is 5.53. The van der Waals surface area contributed by atoms with Crippen LogP contribution in [0.5, 0.6) is 0 Å². The van der Waals surface area contributed by atoms with Crippen molar-refractivity contribution in [2.75, 3.05) is 4.72 Å². The molecule has 0 saturated heterocycles. The zero-order valence-corrected chi connectivity index (χ0v) is 13.9. The fourth-order valence-electron chi connectivity index (χ4n) is 1.95. The lowest BCUT2D eigenvalue weighted by Gasteiger charge is -2.08. The molecule has 9 heteroatoms. The Morgan fingerprint density at radius 3 is 2.77 bits per heavy atom. The molecule has 2 aromatic heterocycles. The number of benzene rings is 1. The van der Waals surface area contributed by atoms with E-state index in [1.807, 2.05) is 0 Å². The van der Waals surface area contributed by atoms with Crippen LogP contribution >= 0.6 is 27.5 Å². The zero-order chi connectivity index (χ0) is 15.9. The molecular weight excluding hydrogens is 397 g/mol. The van der Waals surface area contributed by atoms with Crippen molar-refractivity contribution in [2.24, 2.45) is 0 Å². The summed E-state index contributed by atoms with van der Waals surface area (Å²) in [6.45, 7) is 0. The number of aromatic nitrogens is 2. The van der Waals surface area contributed by atoms with E-state index in [4.69, 9.17) is 11.6 Å². The summed E-state index contributed by atoms with van der Waals surface area (Å²) < 4.78 is 41.4. The highest BCUT2D eigenvalue weighted by molar-refractivity contribution is 9.10. The molecule has 5 nitrogen and oxygen atoms in total. The number of pyridine rings is 1. The van der Waals surface area contributed by atoms with Gasteiger partial charge in [0.05, 0.1) is 5.69 Å². The van der Waals surface area contributed by atoms with Crippen molar-refractivity contribution in [1.82, 2.24) is 9.97 Å². The molecule has 0 amide bonds. The molecule has 0 bridgehead atoms. The maximum absolute atomic E-state index is 13.8. The van der Waals surface area contributed by atoms with Crippen LogP contribution in [0.25, 0.3) is 11.0 Å². The molecule has 0 aliphatic rings. The number of aromatic amines is 1. The normalized spacial score (nSPS) is 11.8. The lowest BCUT2D eigenvalue weighted by Crippen LogP contribution is -2.13. The van der Waals surface area contributed by atoms with Gasteiger partial charge in [-0.15, -0.1) is 0 Å². The smallest absolute Gasteiger partial charge is 0.264 e. The van der Waals surface area contributed by atoms with Gasteiger partial charge in [0.25, 0.3) is 10.0 Å². The van der Waals surface area contributed by atoms with E-state index >= 15 is 0 Å². The third-order valence-electron chi connectivity index (χ3n) is 2.93. The van der Waals surface area contributed by atoms with Crippen LogP contribution in [0.3, 0.4) is 0 Å². The van der Waals surface area contributed by atoms with Gasteiger partial charge in [-0.05, 0) is 46.3 Å². The summed E-state index contributed by atoms with van der Waals surface area (Å²) in [5, 5.41) is 0.590. The van der Waals surface area contributed by atoms with Gasteiger partial charge >= 0.3 is 0 Å². The number of hydrogen-bond donors (Lipinski definition) is 2. The van der Waals surface area contributed by atoms with E-state index in [2.05, 4.69) is 30.6 Å². The molecule has 0 aliphatic heterocycles. The fourth-order valence-corrected chi connectivity index (χ4v) is 3.65. The number of hydrogen-bond acceptors (Lipinski definition) is 3. The first kappa shape index (κ1) is 15.3. The van der Waals surface area contributed by atoms with E-state index < -0.39 is 15.8 Å². The number of halogens is 3. The maximum Gasteiger partial charge on any atom is 0.264 e. The van der Waals surface area contributed by atoms with Gasteiger partial charge in [0, 0.05) is 16.6 Å². The Hall–Kier alpha value is -1.64. The topological polar surface area (TPSA) is 74.8 Å². The molecule has 22 heavy (non-hydrogen) atoms. The molecule has 0 spiro atoms. The van der Waals surface area contributed by atoms with Crippen molar-refractivity contribution < 1.29 is 12.8 Å². The Balaban J connectivity index is 2.05. The van der Waals surface area contributed by atoms with Crippen LogP contribution in [0.4, 0.5) is 10.1 Å². The first-order valence-electron chi connectivity index (χ1n) is 5.98. The number of sulfonamides is 1. The lowest BCUT2D eigenvalue weighted by molar-refractivity contribution is 0.599. The van der Waals surface area contributed by atoms with Gasteiger partial charge in [-0.1, -0.05) is 11.6 Å². The summed E-state index contributed by atoms with van der Waals surface area (Å²) in [5.41, 5.74) is 0.232. The van der Waals surface area contributed by atoms with Gasteiger partial charge < -0.3 is 4.98 Å². The van der Waals surface area contributed by atoms with E-state index in [0.29, 0.717) is 15.6 Å². The van der Waals surface area contributed by atoms with Crippen molar-refractivity contribution in [3.8, 4) is 0 Å². The predicted octanol–water partition coefficient (Wildman–Crippen LogP) is 3.92. The third-order valence-corrected chi connectivity index (χ3v) is 5.01. The molecular formula is C13H8BrClFN3O2S. The summed E-state index contributed by atoms with van der Waals surface area (Å²) in [6.07, 6.45) is 1.31. The fraction of sp³-hybridized carbons (Fsp3) is 0. The minimum atomic E-state index is -3.96. The van der Waals surface area contributed by atoms with Crippen LogP contribution in [0.1, 0.15) is 0 Å². The summed E-state index contributed by atoms with van der Waals surface area (Å²) in [6, 6.07) is 6.93. The molecule has 1 aromatic carbocycles. The highest BCUT2D eigenvalue weighted by Gasteiger charge is 2.21. The van der Waals surface area contributed by atoms with Crippen LogP contribution in [-0.4, -0.2) is 18.4 Å². The van der Waals surface area contributed by atoms with E-state index in [-0.39, 0.29) is 15.6 Å². The number of anilines is 1. The number of nitrogens with one attached hydrogen (secondary N) is 2. The Labute approximate surface area is 138 Å². The zero-order valence-electron chi connectivity index (χ0n) is 10.8. The van der Waals surface area contributed by atoms with Crippen LogP contribution in [0.15, 0.2) is 46.0 Å². The standard InChI is InChI=1S/C13H8BrClFN3O2S/c14-12-4-2-8-11(6-17-13(8)18-12)22(20,21)19-10-3-1-7(15)5-9(10)16/h1-6,19H,(H,17,18). The van der Waals surface area contributed by atoms with Crippen molar-refractivity contribution in [3.63, 3.8) is 0 Å². The predicted molar refractivity (Wildman–Crippen MR) is 86.0 cm³/mol. The monoisotopic (exact) mass is 403 g/mol. The molecule has 114 valence electrons. The number of rotatable bonds is 3. The minimum Gasteiger partial charge on any atom is -0.345 e. The highest BCUT2D eigenvalue weighted by atomic mass is 79.9. The summed E-state index contributed by atoms with van der Waals surface area (Å²) >= 11 is 8.85. The van der Waals surface area contributed by atoms with E-state index in [9.17, 15) is 12.8 Å². The maximum atomic E-state index is 13.8. The quantitative estimate of drug-likeness (QED) is 0.650. The summed E-state index contributed by atoms with van der Waals surface area (Å²) in [5.74, 6) is -0.753. The second-order valence-electron chi connectivity index (χ2n) is 4.41. The van der Waals surface area contributed by atoms with Crippen LogP contribution in [-0.2, 0) is 10.0 Å². The van der Waals surface area contributed by atoms with Crippen LogP contribution < -0.4 is 4.72 Å². The van der Waals surface area contributed by atoms with Crippen molar-refractivity contribution in [1.29, 1.82) is 0 Å². The average Bonchev–Trinajstić information content (AvgIpc) is 2.85. The van der Waals surface area contributed by atoms with Gasteiger partial charge in [-0.2, -0.15) is 0 Å². The van der Waals surface area contributed by atoms with Gasteiger partial charge in [-0.3, -0.25) is 4.72 Å². The molecule has 0 saturated carbocycles. The van der Waals surface area contributed by atoms with E-state index in [0.717, 1.165) is 6.07 Å². The van der Waals surface area contributed by atoms with Crippen molar-refractivity contribution in [3.05, 3.63) is 52.0 Å². The largest absolute Gasteiger partial charge is 0.345 e. The SMILES string of the molecule is O=S(=O)(Nc1ccc(Cl)cc1F)c1c[nH]c2nc(Br)ccc12. The number of H-pyrrole nitrogens is 1. The van der Waals surface area contributed by atoms with E-state index in [1.54, 1.807) is 12.1 Å². The van der Waals surface area contributed by atoms with Gasteiger partial charge in [-0.25, -0.2) is 17.8 Å². The average molecular weight is 405 g/mol. The molecule has 0 fully saturated rings. The second-order valence-corrected chi connectivity index (χ2v) is 7.31. The van der Waals surface area contributed by atoms with Gasteiger partial charge in [0.2, 0.25) is 0 Å². The summed E-state index contributed by atoms with van der Waals surface area (Å²) in [4.78, 5) is 6.88. The molecule has 0 aliphatic carbocycles. The highest BCUT2D eigenvalue weighted by Crippen LogP contribution is 2.27. The Morgan fingerprint density at radius 1 is 1.27 bits per heavy atom. The third kappa shape index (κ3) is 2.81. The number of fused-ring (bicyclic) bond motifs is 1. The molecule has 0 atom stereocenters. The Kier molecular flexibility index (Phi) is 3.84. The summed E-state index contributed by atoms with van der Waals surface area (Å²) in [7, 11) is -3.96. The Bertz CT molecular complexity index is 975. The molecule has 0 radical (unpaired) electrons. The van der Waals surface area contributed by atoms with Crippen LogP contribution in [0, 0.1) is 5.82 Å². The Morgan fingerprint density at radius 2 is 2.05 bits per heavy atom. The van der Waals surface area contributed by atoms with Gasteiger partial charge in [0.15, 0.2) is 0 Å². The first-order chi connectivity index (χ1) is 10.4.